The first-order valence-corrected chi connectivity index (χ1v) is 3.00. The van der Waals surface area contributed by atoms with Gasteiger partial charge in [-0.25, -0.2) is 0 Å². The maximum atomic E-state index is 1.50. The van der Waals surface area contributed by atoms with Gasteiger partial charge in [0.2, 0.25) is 0 Å². The fourth-order valence-corrected chi connectivity index (χ4v) is 1.06. The highest BCUT2D eigenvalue weighted by Gasteiger charge is 1.95. The highest BCUT2D eigenvalue weighted by Crippen LogP contribution is 2.15. The molecule has 7 heavy (non-hydrogen) atoms. The van der Waals surface area contributed by atoms with E-state index in [0.717, 1.165) is 0 Å². The van der Waals surface area contributed by atoms with Crippen LogP contribution in [0.25, 0.3) is 0 Å². The van der Waals surface area contributed by atoms with Crippen molar-refractivity contribution in [1.29, 1.82) is 0 Å². The lowest BCUT2D eigenvalue weighted by Gasteiger charge is -2.05. The quantitative estimate of drug-likeness (QED) is 0.412. The van der Waals surface area contributed by atoms with Gasteiger partial charge >= 0.3 is 0 Å². The topological polar surface area (TPSA) is 0 Å². The normalized spacial score (nSPS) is 20.6. The molecule has 0 aromatic heterocycles. The summed E-state index contributed by atoms with van der Waals surface area (Å²) in [6.45, 7) is 0. The van der Waals surface area contributed by atoms with Crippen molar-refractivity contribution in [3.63, 3.8) is 0 Å². The molecule has 0 N–H and O–H groups in total. The van der Waals surface area contributed by atoms with Gasteiger partial charge in [-0.15, -0.1) is 0 Å². The highest BCUT2D eigenvalue weighted by molar-refractivity contribution is 5.75. The largest absolute Gasteiger partial charge is 0.0533 e. The van der Waals surface area contributed by atoms with E-state index in [1.165, 1.54) is 38.5 Å². The molecule has 0 unspecified atom stereocenters. The van der Waals surface area contributed by atoms with E-state index in [1.54, 1.807) is 0 Å². The van der Waals surface area contributed by atoms with E-state index in [4.69, 9.17) is 0 Å². The fourth-order valence-electron chi connectivity index (χ4n) is 1.06. The van der Waals surface area contributed by atoms with Gasteiger partial charge < -0.3 is 0 Å². The zero-order valence-corrected chi connectivity index (χ0v) is 4.24. The van der Waals surface area contributed by atoms with Crippen LogP contribution in [0.4, 0.5) is 0 Å². The van der Waals surface area contributed by atoms with E-state index in [2.05, 4.69) is 0 Å². The molecule has 1 rings (SSSR count). The molecule has 0 aliphatic heterocycles. The van der Waals surface area contributed by atoms with E-state index < -0.39 is 0 Å². The van der Waals surface area contributed by atoms with Gasteiger partial charge in [0.1, 0.15) is 0 Å². The number of rotatable bonds is 0. The molecule has 0 aromatic carbocycles. The molecule has 0 atom stereocenters. The molecule has 1 heteroatoms. The Hall–Kier alpha value is 0.217. The van der Waals surface area contributed by atoms with Gasteiger partial charge in [0.25, 0.3) is 0 Å². The molecule has 0 aromatic rings. The molecule has 1 saturated carbocycles. The second kappa shape index (κ2) is 4.38. The molecule has 0 amide bonds. The summed E-state index contributed by atoms with van der Waals surface area (Å²) in [6.07, 6.45) is 9.00. The van der Waals surface area contributed by atoms with Gasteiger partial charge in [0.15, 0.2) is 0 Å². The van der Waals surface area contributed by atoms with E-state index in [9.17, 15) is 0 Å². The van der Waals surface area contributed by atoms with Gasteiger partial charge in [-0.05, 0) is 11.0 Å². The smallest absolute Gasteiger partial charge is 0.0149 e. The highest BCUT2D eigenvalue weighted by atomic mass is 28.1. The Labute approximate surface area is 50.3 Å². The third-order valence-electron chi connectivity index (χ3n) is 1.50. The number of hydrogen-bond acceptors (Lipinski definition) is 0. The summed E-state index contributed by atoms with van der Waals surface area (Å²) >= 11 is 0. The van der Waals surface area contributed by atoms with E-state index in [0.29, 0.717) is 0 Å². The Morgan fingerprint density at radius 3 is 0.714 bits per heavy atom. The summed E-state index contributed by atoms with van der Waals surface area (Å²) in [5.41, 5.74) is 0. The molecule has 0 spiro atoms. The van der Waals surface area contributed by atoms with Crippen molar-refractivity contribution >= 4 is 11.0 Å². The van der Waals surface area contributed by atoms with Crippen LogP contribution in [-0.4, -0.2) is 11.0 Å². The van der Waals surface area contributed by atoms with Gasteiger partial charge in [0.05, 0.1) is 0 Å². The zero-order chi connectivity index (χ0) is 4.24. The van der Waals surface area contributed by atoms with Crippen LogP contribution in [0.15, 0.2) is 0 Å². The minimum atomic E-state index is 0. The predicted molar refractivity (Wildman–Crippen MR) is 39.0 cm³/mol. The summed E-state index contributed by atoms with van der Waals surface area (Å²) in [7, 11) is 0. The van der Waals surface area contributed by atoms with Crippen molar-refractivity contribution in [3.05, 3.63) is 0 Å². The average Bonchev–Trinajstić information content (AvgIpc) is 1.72. The van der Waals surface area contributed by atoms with Crippen LogP contribution in [-0.2, 0) is 0 Å². The molecule has 0 bridgehead atoms. The SMILES string of the molecule is C1CCCCC1.[SiH4]. The second-order valence-electron chi connectivity index (χ2n) is 2.12. The van der Waals surface area contributed by atoms with Crippen LogP contribution in [0.3, 0.4) is 0 Å². The van der Waals surface area contributed by atoms with Crippen molar-refractivity contribution in [2.45, 2.75) is 38.5 Å². The van der Waals surface area contributed by atoms with Gasteiger partial charge in [0, 0.05) is 0 Å². The first kappa shape index (κ1) is 7.22. The van der Waals surface area contributed by atoms with Crippen molar-refractivity contribution in [2.24, 2.45) is 0 Å². The maximum absolute atomic E-state index is 1.50. The third kappa shape index (κ3) is 2.86. The standard InChI is InChI=1S/C6H12.H4Si/c1-2-4-6-5-3-1;/h1-6H2;1H4. The summed E-state index contributed by atoms with van der Waals surface area (Å²) in [5, 5.41) is 0. The van der Waals surface area contributed by atoms with Gasteiger partial charge in [-0.3, -0.25) is 0 Å². The van der Waals surface area contributed by atoms with Crippen molar-refractivity contribution in [3.8, 4) is 0 Å². The molecule has 0 heterocycles. The van der Waals surface area contributed by atoms with Crippen molar-refractivity contribution < 1.29 is 0 Å². The second-order valence-corrected chi connectivity index (χ2v) is 2.12. The van der Waals surface area contributed by atoms with Crippen LogP contribution < -0.4 is 0 Å². The molecule has 1 aliphatic carbocycles. The summed E-state index contributed by atoms with van der Waals surface area (Å²) < 4.78 is 0. The minimum absolute atomic E-state index is 0. The summed E-state index contributed by atoms with van der Waals surface area (Å²) in [4.78, 5) is 0. The molecule has 0 nitrogen and oxygen atoms in total. The van der Waals surface area contributed by atoms with Crippen molar-refractivity contribution in [2.75, 3.05) is 0 Å². The Balaban J connectivity index is 0.000000360. The first-order chi connectivity index (χ1) is 3.00. The Kier molecular flexibility index (Phi) is 4.51. The van der Waals surface area contributed by atoms with Crippen molar-refractivity contribution in [1.82, 2.24) is 0 Å². The van der Waals surface area contributed by atoms with E-state index in [1.807, 2.05) is 0 Å². The Bertz CT molecular complexity index is 19.7. The van der Waals surface area contributed by atoms with E-state index >= 15 is 0 Å². The van der Waals surface area contributed by atoms with Gasteiger partial charge in [-0.1, -0.05) is 38.5 Å². The molecule has 1 fully saturated rings. The average molecular weight is 116 g/mol. The molecule has 0 radical (unpaired) electrons. The van der Waals surface area contributed by atoms with Crippen LogP contribution in [0.5, 0.6) is 0 Å². The lowest BCUT2D eigenvalue weighted by atomic mass is 10.0. The van der Waals surface area contributed by atoms with Crippen LogP contribution in [0, 0.1) is 0 Å². The van der Waals surface area contributed by atoms with Crippen LogP contribution in [0.2, 0.25) is 0 Å². The molecular weight excluding hydrogens is 100 g/mol. The zero-order valence-electron chi connectivity index (χ0n) is 4.24. The molecule has 1 aliphatic rings. The summed E-state index contributed by atoms with van der Waals surface area (Å²) in [5.74, 6) is 0. The maximum Gasteiger partial charge on any atom is -0.0149 e. The first-order valence-electron chi connectivity index (χ1n) is 3.00. The number of hydrogen-bond donors (Lipinski definition) is 0. The predicted octanol–water partition coefficient (Wildman–Crippen LogP) is 0.889. The molecular formula is C6H16Si. The Morgan fingerprint density at radius 2 is 0.571 bits per heavy atom. The van der Waals surface area contributed by atoms with Crippen LogP contribution >= 0.6 is 0 Å². The Morgan fingerprint density at radius 1 is 0.429 bits per heavy atom. The molecule has 0 saturated heterocycles. The van der Waals surface area contributed by atoms with Crippen LogP contribution in [0.1, 0.15) is 38.5 Å². The summed E-state index contributed by atoms with van der Waals surface area (Å²) in [6, 6.07) is 0. The monoisotopic (exact) mass is 116 g/mol. The lowest BCUT2D eigenvalue weighted by molar-refractivity contribution is 0.504. The van der Waals surface area contributed by atoms with Gasteiger partial charge in [-0.2, -0.15) is 0 Å². The minimum Gasteiger partial charge on any atom is -0.0533 e. The molecule has 44 valence electrons. The fraction of sp³-hybridized carbons (Fsp3) is 1.00. The van der Waals surface area contributed by atoms with E-state index in [-0.39, 0.29) is 11.0 Å². The third-order valence-corrected chi connectivity index (χ3v) is 1.50. The lowest BCUT2D eigenvalue weighted by Crippen LogP contribution is -1.85.